The van der Waals surface area contributed by atoms with Crippen LogP contribution < -0.4 is 4.74 Å². The summed E-state index contributed by atoms with van der Waals surface area (Å²) in [6.07, 6.45) is 0.921. The number of hydrogen-bond donors (Lipinski definition) is 0. The molecule has 0 atom stereocenters. The Kier molecular flexibility index (Phi) is 3.69. The monoisotopic (exact) mass is 316 g/mol. The molecule has 0 aliphatic rings. The molecule has 1 aromatic carbocycles. The van der Waals surface area contributed by atoms with Crippen molar-refractivity contribution in [3.8, 4) is 5.75 Å². The SMILES string of the molecule is C=CCC(=O)c1cc(OCC)cc(S(F)(F)(F)(F)F)c1. The number of allylic oxidation sites excluding steroid dienone is 1. The molecule has 2 nitrogen and oxygen atoms in total. The van der Waals surface area contributed by atoms with Crippen molar-refractivity contribution >= 4 is 16.0 Å². The molecule has 1 rings (SSSR count). The van der Waals surface area contributed by atoms with E-state index >= 15 is 0 Å². The Labute approximate surface area is 113 Å². The van der Waals surface area contributed by atoms with Gasteiger partial charge in [0.2, 0.25) is 0 Å². The van der Waals surface area contributed by atoms with Gasteiger partial charge < -0.3 is 4.74 Å². The molecule has 0 saturated heterocycles. The van der Waals surface area contributed by atoms with Crippen LogP contribution >= 0.6 is 10.2 Å². The fourth-order valence-corrected chi connectivity index (χ4v) is 2.14. The van der Waals surface area contributed by atoms with E-state index in [0.29, 0.717) is 0 Å². The van der Waals surface area contributed by atoms with Crippen molar-refractivity contribution < 1.29 is 29.0 Å². The molecule has 0 saturated carbocycles. The highest BCUT2D eigenvalue weighted by atomic mass is 32.5. The second-order valence-corrected chi connectivity index (χ2v) is 6.42. The summed E-state index contributed by atoms with van der Waals surface area (Å²) in [7, 11) is -9.86. The van der Waals surface area contributed by atoms with Crippen LogP contribution in [0.15, 0.2) is 35.7 Å². The summed E-state index contributed by atoms with van der Waals surface area (Å²) in [5.41, 5.74) is -0.487. The topological polar surface area (TPSA) is 26.3 Å². The van der Waals surface area contributed by atoms with E-state index in [2.05, 4.69) is 6.58 Å². The predicted molar refractivity (Wildman–Crippen MR) is 68.2 cm³/mol. The van der Waals surface area contributed by atoms with E-state index in [1.165, 1.54) is 13.0 Å². The number of carbonyl (C=O) groups excluding carboxylic acids is 1. The Hall–Kier alpha value is -1.57. The van der Waals surface area contributed by atoms with Crippen molar-refractivity contribution in [2.45, 2.75) is 18.2 Å². The van der Waals surface area contributed by atoms with E-state index in [9.17, 15) is 24.2 Å². The lowest BCUT2D eigenvalue weighted by Gasteiger charge is -2.40. The van der Waals surface area contributed by atoms with Gasteiger partial charge in [-0.25, -0.2) is 0 Å². The van der Waals surface area contributed by atoms with E-state index in [1.807, 2.05) is 0 Å². The van der Waals surface area contributed by atoms with Gasteiger partial charge in [-0.15, -0.1) is 6.58 Å². The standard InChI is InChI=1S/C12H13F5O2S/c1-3-5-12(18)9-6-10(19-4-2)8-11(7-9)20(13,14,15,16)17/h3,6-8H,1,4-5H2,2H3. The normalized spacial score (nSPS) is 15.1. The van der Waals surface area contributed by atoms with Crippen LogP contribution in [-0.2, 0) is 0 Å². The Balaban J connectivity index is 3.48. The first-order chi connectivity index (χ1) is 8.87. The molecular formula is C12H13F5O2S. The number of hydrogen-bond acceptors (Lipinski definition) is 2. The van der Waals surface area contributed by atoms with Crippen LogP contribution in [0.2, 0.25) is 0 Å². The summed E-state index contributed by atoms with van der Waals surface area (Å²) >= 11 is 0. The molecule has 0 radical (unpaired) electrons. The number of benzene rings is 1. The van der Waals surface area contributed by atoms with Gasteiger partial charge in [-0.1, -0.05) is 25.5 Å². The highest BCUT2D eigenvalue weighted by molar-refractivity contribution is 8.45. The number of ether oxygens (including phenoxy) is 1. The van der Waals surface area contributed by atoms with Crippen molar-refractivity contribution in [1.29, 1.82) is 0 Å². The van der Waals surface area contributed by atoms with Crippen LogP contribution in [0, 0.1) is 0 Å². The maximum Gasteiger partial charge on any atom is 0.310 e. The molecular weight excluding hydrogens is 303 g/mol. The third-order valence-electron chi connectivity index (χ3n) is 2.29. The van der Waals surface area contributed by atoms with Crippen molar-refractivity contribution in [2.75, 3.05) is 6.61 Å². The van der Waals surface area contributed by atoms with Crippen molar-refractivity contribution in [2.24, 2.45) is 0 Å². The average Bonchev–Trinajstić information content (AvgIpc) is 2.26. The van der Waals surface area contributed by atoms with Gasteiger partial charge in [-0.2, -0.15) is 0 Å². The van der Waals surface area contributed by atoms with Gasteiger partial charge in [0.05, 0.1) is 6.61 Å². The number of ketones is 1. The molecule has 1 aromatic rings. The van der Waals surface area contributed by atoms with Gasteiger partial charge in [0.1, 0.15) is 10.6 Å². The quantitative estimate of drug-likeness (QED) is 0.393. The Bertz CT molecular complexity index is 550. The second kappa shape index (κ2) is 4.47. The van der Waals surface area contributed by atoms with Crippen LogP contribution in [-0.4, -0.2) is 12.4 Å². The highest BCUT2D eigenvalue weighted by Crippen LogP contribution is 3.02. The minimum absolute atomic E-state index is 0.0150. The van der Waals surface area contributed by atoms with E-state index in [-0.39, 0.29) is 25.2 Å². The number of rotatable bonds is 6. The molecule has 20 heavy (non-hydrogen) atoms. The first-order valence-corrected chi connectivity index (χ1v) is 7.48. The van der Waals surface area contributed by atoms with Gasteiger partial charge in [-0.05, 0) is 19.1 Å². The zero-order chi connectivity index (χ0) is 15.7. The van der Waals surface area contributed by atoms with Crippen molar-refractivity contribution in [3.05, 3.63) is 36.4 Å². The number of carbonyl (C=O) groups is 1. The fourth-order valence-electron chi connectivity index (χ4n) is 1.45. The molecule has 0 amide bonds. The molecule has 0 N–H and O–H groups in total. The summed E-state index contributed by atoms with van der Waals surface area (Å²) in [6, 6.07) is 1.36. The summed E-state index contributed by atoms with van der Waals surface area (Å²) in [4.78, 5) is 9.43. The second-order valence-electron chi connectivity index (χ2n) is 4.01. The van der Waals surface area contributed by atoms with Gasteiger partial charge in [-0.3, -0.25) is 4.79 Å². The van der Waals surface area contributed by atoms with Crippen molar-refractivity contribution in [3.63, 3.8) is 0 Å². The van der Waals surface area contributed by atoms with Gasteiger partial charge >= 0.3 is 10.2 Å². The molecule has 0 spiro atoms. The largest absolute Gasteiger partial charge is 0.494 e. The minimum Gasteiger partial charge on any atom is -0.494 e. The lowest BCUT2D eigenvalue weighted by molar-refractivity contribution is 0.0995. The molecule has 0 fully saturated rings. The first-order valence-electron chi connectivity index (χ1n) is 5.53. The van der Waals surface area contributed by atoms with Crippen LogP contribution in [0.5, 0.6) is 5.75 Å². The van der Waals surface area contributed by atoms with E-state index in [1.54, 1.807) is 0 Å². The highest BCUT2D eigenvalue weighted by Gasteiger charge is 2.65. The first kappa shape index (κ1) is 16.5. The van der Waals surface area contributed by atoms with Gasteiger partial charge in [0.25, 0.3) is 0 Å². The molecule has 8 heteroatoms. The summed E-state index contributed by atoms with van der Waals surface area (Å²) in [6.45, 7) is 4.74. The molecule has 0 aliphatic carbocycles. The Morgan fingerprint density at radius 2 is 1.85 bits per heavy atom. The summed E-state index contributed by atoms with van der Waals surface area (Å²) in [5.74, 6) is -1.17. The molecule has 0 heterocycles. The molecule has 114 valence electrons. The summed E-state index contributed by atoms with van der Waals surface area (Å²) < 4.78 is 68.9. The van der Waals surface area contributed by atoms with Crippen LogP contribution in [0.25, 0.3) is 0 Å². The Morgan fingerprint density at radius 1 is 1.25 bits per heavy atom. The van der Waals surface area contributed by atoms with Gasteiger partial charge in [0, 0.05) is 18.1 Å². The third-order valence-corrected chi connectivity index (χ3v) is 3.41. The molecule has 0 bridgehead atoms. The van der Waals surface area contributed by atoms with Crippen LogP contribution in [0.4, 0.5) is 19.4 Å². The lowest BCUT2D eigenvalue weighted by atomic mass is 10.1. The van der Waals surface area contributed by atoms with Gasteiger partial charge in [0.15, 0.2) is 5.78 Å². The van der Waals surface area contributed by atoms with E-state index in [4.69, 9.17) is 4.74 Å². The van der Waals surface area contributed by atoms with Crippen molar-refractivity contribution in [1.82, 2.24) is 0 Å². The predicted octanol–water partition coefficient (Wildman–Crippen LogP) is 5.50. The summed E-state index contributed by atoms with van der Waals surface area (Å²) in [5, 5.41) is 0. The van der Waals surface area contributed by atoms with Crippen LogP contribution in [0.3, 0.4) is 0 Å². The Morgan fingerprint density at radius 3 is 2.30 bits per heavy atom. The molecule has 0 aromatic heterocycles. The number of Topliss-reactive ketones (excluding diaryl/α,β-unsaturated/α-hetero) is 1. The molecule has 0 unspecified atom stereocenters. The average molecular weight is 316 g/mol. The lowest BCUT2D eigenvalue weighted by Crippen LogP contribution is -2.09. The number of halogens is 5. The fraction of sp³-hybridized carbons (Fsp3) is 0.250. The third kappa shape index (κ3) is 4.22. The minimum atomic E-state index is -9.86. The van der Waals surface area contributed by atoms with E-state index < -0.39 is 32.2 Å². The zero-order valence-corrected chi connectivity index (χ0v) is 11.4. The maximum absolute atomic E-state index is 12.8. The van der Waals surface area contributed by atoms with E-state index in [0.717, 1.165) is 6.07 Å². The zero-order valence-electron chi connectivity index (χ0n) is 10.5. The maximum atomic E-state index is 12.8. The van der Waals surface area contributed by atoms with Crippen LogP contribution in [0.1, 0.15) is 23.7 Å². The smallest absolute Gasteiger partial charge is 0.310 e. The molecule has 0 aliphatic heterocycles.